The molecule has 0 aliphatic heterocycles. The van der Waals surface area contributed by atoms with Gasteiger partial charge in [0.1, 0.15) is 0 Å². The van der Waals surface area contributed by atoms with Gasteiger partial charge in [-0.3, -0.25) is 4.68 Å². The van der Waals surface area contributed by atoms with E-state index in [4.69, 9.17) is 4.74 Å². The second-order valence-electron chi connectivity index (χ2n) is 4.69. The number of methoxy groups -OCH3 is 1. The SMILES string of the molecule is COc1cccc(Cn2cc(C(C)C)c(C)n2)n1. The van der Waals surface area contributed by atoms with Gasteiger partial charge in [0.15, 0.2) is 0 Å². The van der Waals surface area contributed by atoms with Crippen LogP contribution in [0.3, 0.4) is 0 Å². The summed E-state index contributed by atoms with van der Waals surface area (Å²) in [6.45, 7) is 7.08. The second kappa shape index (κ2) is 5.21. The lowest BCUT2D eigenvalue weighted by Gasteiger charge is -2.03. The average molecular weight is 245 g/mol. The van der Waals surface area contributed by atoms with E-state index in [-0.39, 0.29) is 0 Å². The summed E-state index contributed by atoms with van der Waals surface area (Å²) in [6.07, 6.45) is 2.10. The first-order chi connectivity index (χ1) is 8.60. The van der Waals surface area contributed by atoms with Crippen molar-refractivity contribution in [3.8, 4) is 5.88 Å². The number of rotatable bonds is 4. The Bertz CT molecular complexity index is 532. The fourth-order valence-electron chi connectivity index (χ4n) is 2.01. The molecule has 4 heteroatoms. The standard InChI is InChI=1S/C14H19N3O/c1-10(2)13-9-17(16-11(13)3)8-12-6-5-7-14(15-12)18-4/h5-7,9-10H,8H2,1-4H3. The van der Waals surface area contributed by atoms with E-state index in [2.05, 4.69) is 30.1 Å². The molecule has 0 aliphatic rings. The first-order valence-corrected chi connectivity index (χ1v) is 6.14. The van der Waals surface area contributed by atoms with Gasteiger partial charge in [-0.2, -0.15) is 5.10 Å². The van der Waals surface area contributed by atoms with Crippen molar-refractivity contribution in [2.45, 2.75) is 33.2 Å². The third-order valence-electron chi connectivity index (χ3n) is 2.92. The van der Waals surface area contributed by atoms with Crippen LogP contribution in [0, 0.1) is 6.92 Å². The maximum absolute atomic E-state index is 5.12. The van der Waals surface area contributed by atoms with Crippen molar-refractivity contribution in [3.05, 3.63) is 41.3 Å². The van der Waals surface area contributed by atoms with Crippen molar-refractivity contribution < 1.29 is 4.74 Å². The molecule has 0 N–H and O–H groups in total. The molecular formula is C14H19N3O. The molecule has 0 spiro atoms. The Balaban J connectivity index is 2.20. The molecule has 0 amide bonds. The highest BCUT2D eigenvalue weighted by Gasteiger charge is 2.09. The predicted molar refractivity (Wildman–Crippen MR) is 70.9 cm³/mol. The molecule has 96 valence electrons. The molecule has 0 fully saturated rings. The Morgan fingerprint density at radius 2 is 2.11 bits per heavy atom. The van der Waals surface area contributed by atoms with Crippen LogP contribution in [-0.2, 0) is 6.54 Å². The lowest BCUT2D eigenvalue weighted by Crippen LogP contribution is -2.03. The lowest BCUT2D eigenvalue weighted by molar-refractivity contribution is 0.395. The second-order valence-corrected chi connectivity index (χ2v) is 4.69. The van der Waals surface area contributed by atoms with E-state index in [9.17, 15) is 0 Å². The number of aromatic nitrogens is 3. The van der Waals surface area contributed by atoms with Gasteiger partial charge in [-0.15, -0.1) is 0 Å². The lowest BCUT2D eigenvalue weighted by atomic mass is 10.1. The molecule has 2 aromatic rings. The van der Waals surface area contributed by atoms with E-state index in [0.29, 0.717) is 18.3 Å². The van der Waals surface area contributed by atoms with Gasteiger partial charge in [0, 0.05) is 12.3 Å². The highest BCUT2D eigenvalue weighted by atomic mass is 16.5. The van der Waals surface area contributed by atoms with Gasteiger partial charge in [0.2, 0.25) is 5.88 Å². The van der Waals surface area contributed by atoms with Crippen molar-refractivity contribution >= 4 is 0 Å². The van der Waals surface area contributed by atoms with Gasteiger partial charge in [-0.1, -0.05) is 19.9 Å². The monoisotopic (exact) mass is 245 g/mol. The normalized spacial score (nSPS) is 10.9. The van der Waals surface area contributed by atoms with Gasteiger partial charge in [-0.05, 0) is 24.5 Å². The molecule has 2 aromatic heterocycles. The highest BCUT2D eigenvalue weighted by Crippen LogP contribution is 2.18. The number of nitrogens with zero attached hydrogens (tertiary/aromatic N) is 3. The van der Waals surface area contributed by atoms with Gasteiger partial charge in [-0.25, -0.2) is 4.98 Å². The van der Waals surface area contributed by atoms with Crippen LogP contribution in [0.2, 0.25) is 0 Å². The molecule has 4 nitrogen and oxygen atoms in total. The number of hydrogen-bond donors (Lipinski definition) is 0. The summed E-state index contributed by atoms with van der Waals surface area (Å²) in [7, 11) is 1.63. The van der Waals surface area contributed by atoms with E-state index < -0.39 is 0 Å². The van der Waals surface area contributed by atoms with Crippen molar-refractivity contribution in [3.63, 3.8) is 0 Å². The summed E-state index contributed by atoms with van der Waals surface area (Å²) < 4.78 is 7.06. The van der Waals surface area contributed by atoms with Crippen molar-refractivity contribution in [2.24, 2.45) is 0 Å². The Labute approximate surface area is 108 Å². The summed E-state index contributed by atoms with van der Waals surface area (Å²) in [4.78, 5) is 4.39. The Morgan fingerprint density at radius 1 is 1.33 bits per heavy atom. The average Bonchev–Trinajstić information content (AvgIpc) is 2.70. The fraction of sp³-hybridized carbons (Fsp3) is 0.429. The molecule has 0 aromatic carbocycles. The Morgan fingerprint density at radius 3 is 2.72 bits per heavy atom. The van der Waals surface area contributed by atoms with Crippen LogP contribution in [0.5, 0.6) is 5.88 Å². The summed E-state index contributed by atoms with van der Waals surface area (Å²) in [5.41, 5.74) is 3.33. The minimum absolute atomic E-state index is 0.497. The number of aryl methyl sites for hydroxylation is 1. The van der Waals surface area contributed by atoms with Crippen molar-refractivity contribution in [1.82, 2.24) is 14.8 Å². The van der Waals surface area contributed by atoms with Crippen LogP contribution in [-0.4, -0.2) is 21.9 Å². The van der Waals surface area contributed by atoms with Crippen LogP contribution >= 0.6 is 0 Å². The first-order valence-electron chi connectivity index (χ1n) is 6.14. The van der Waals surface area contributed by atoms with E-state index in [1.165, 1.54) is 5.56 Å². The number of ether oxygens (including phenoxy) is 1. The third kappa shape index (κ3) is 2.70. The van der Waals surface area contributed by atoms with Gasteiger partial charge in [0.05, 0.1) is 25.0 Å². The summed E-state index contributed by atoms with van der Waals surface area (Å²) in [5.74, 6) is 1.14. The minimum atomic E-state index is 0.497. The summed E-state index contributed by atoms with van der Waals surface area (Å²) >= 11 is 0. The largest absolute Gasteiger partial charge is 0.481 e. The van der Waals surface area contributed by atoms with Gasteiger partial charge in [0.25, 0.3) is 0 Å². The molecule has 0 atom stereocenters. The fourth-order valence-corrected chi connectivity index (χ4v) is 2.01. The molecule has 0 saturated carbocycles. The molecule has 2 rings (SSSR count). The van der Waals surface area contributed by atoms with Crippen molar-refractivity contribution in [2.75, 3.05) is 7.11 Å². The molecule has 0 bridgehead atoms. The van der Waals surface area contributed by atoms with Crippen LogP contribution in [0.15, 0.2) is 24.4 Å². The first kappa shape index (κ1) is 12.6. The maximum Gasteiger partial charge on any atom is 0.213 e. The molecule has 0 unspecified atom stereocenters. The zero-order chi connectivity index (χ0) is 13.1. The molecule has 2 heterocycles. The van der Waals surface area contributed by atoms with Crippen LogP contribution in [0.4, 0.5) is 0 Å². The van der Waals surface area contributed by atoms with Crippen LogP contribution in [0.25, 0.3) is 0 Å². The minimum Gasteiger partial charge on any atom is -0.481 e. The molecular weight excluding hydrogens is 226 g/mol. The van der Waals surface area contributed by atoms with E-state index in [1.54, 1.807) is 7.11 Å². The molecule has 0 radical (unpaired) electrons. The van der Waals surface area contributed by atoms with Gasteiger partial charge >= 0.3 is 0 Å². The predicted octanol–water partition coefficient (Wildman–Crippen LogP) is 2.77. The number of hydrogen-bond acceptors (Lipinski definition) is 3. The topological polar surface area (TPSA) is 39.9 Å². The maximum atomic E-state index is 5.12. The Kier molecular flexibility index (Phi) is 3.65. The highest BCUT2D eigenvalue weighted by molar-refractivity contribution is 5.20. The zero-order valence-corrected chi connectivity index (χ0v) is 11.3. The quantitative estimate of drug-likeness (QED) is 0.831. The molecule has 0 saturated heterocycles. The van der Waals surface area contributed by atoms with E-state index in [0.717, 1.165) is 11.4 Å². The molecule has 0 aliphatic carbocycles. The third-order valence-corrected chi connectivity index (χ3v) is 2.92. The van der Waals surface area contributed by atoms with Crippen LogP contribution in [0.1, 0.15) is 36.7 Å². The number of pyridine rings is 1. The van der Waals surface area contributed by atoms with Gasteiger partial charge < -0.3 is 4.74 Å². The van der Waals surface area contributed by atoms with Crippen LogP contribution < -0.4 is 4.74 Å². The smallest absolute Gasteiger partial charge is 0.213 e. The Hall–Kier alpha value is -1.84. The summed E-state index contributed by atoms with van der Waals surface area (Å²) in [5, 5.41) is 4.52. The van der Waals surface area contributed by atoms with E-state index in [1.807, 2.05) is 29.8 Å². The van der Waals surface area contributed by atoms with E-state index >= 15 is 0 Å². The summed E-state index contributed by atoms with van der Waals surface area (Å²) in [6, 6.07) is 5.77. The van der Waals surface area contributed by atoms with Crippen molar-refractivity contribution in [1.29, 1.82) is 0 Å². The molecule has 18 heavy (non-hydrogen) atoms. The zero-order valence-electron chi connectivity index (χ0n) is 11.3.